The van der Waals surface area contributed by atoms with E-state index in [1.54, 1.807) is 20.8 Å². The van der Waals surface area contributed by atoms with Gasteiger partial charge in [0.1, 0.15) is 5.60 Å². The van der Waals surface area contributed by atoms with Crippen molar-refractivity contribution >= 4 is 6.16 Å². The quantitative estimate of drug-likeness (QED) is 0.777. The minimum Gasteiger partial charge on any atom is -0.428 e. The lowest BCUT2D eigenvalue weighted by Crippen LogP contribution is -2.27. The molecule has 5 heteroatoms. The SMILES string of the molecule is CC(C)c1ccc(F)c(=O)c(OC(=O)OC(C)(C)C)c1. The summed E-state index contributed by atoms with van der Waals surface area (Å²) < 4.78 is 23.3. The third kappa shape index (κ3) is 4.64. The Hall–Kier alpha value is -1.91. The van der Waals surface area contributed by atoms with E-state index in [4.69, 9.17) is 9.47 Å². The van der Waals surface area contributed by atoms with Gasteiger partial charge >= 0.3 is 6.16 Å². The molecule has 0 N–H and O–H groups in total. The maximum absolute atomic E-state index is 13.5. The number of hydrogen-bond acceptors (Lipinski definition) is 4. The molecule has 1 rings (SSSR count). The molecule has 0 aliphatic rings. The monoisotopic (exact) mass is 282 g/mol. The molecule has 0 heterocycles. The summed E-state index contributed by atoms with van der Waals surface area (Å²) in [5.41, 5.74) is -1.04. The molecule has 0 aromatic heterocycles. The Morgan fingerprint density at radius 3 is 2.35 bits per heavy atom. The normalized spacial score (nSPS) is 11.3. The minimum absolute atomic E-state index is 0.0576. The first-order valence-corrected chi connectivity index (χ1v) is 6.35. The first-order chi connectivity index (χ1) is 9.10. The van der Waals surface area contributed by atoms with Crippen LogP contribution in [-0.2, 0) is 4.74 Å². The fourth-order valence-corrected chi connectivity index (χ4v) is 1.42. The van der Waals surface area contributed by atoms with Gasteiger partial charge in [0, 0.05) is 0 Å². The molecule has 4 nitrogen and oxygen atoms in total. The highest BCUT2D eigenvalue weighted by molar-refractivity contribution is 5.64. The van der Waals surface area contributed by atoms with Crippen LogP contribution >= 0.6 is 0 Å². The molecule has 0 saturated heterocycles. The van der Waals surface area contributed by atoms with E-state index in [1.165, 1.54) is 12.1 Å². The second-order valence-corrected chi connectivity index (χ2v) is 5.74. The van der Waals surface area contributed by atoms with Crippen molar-refractivity contribution in [1.82, 2.24) is 0 Å². The van der Waals surface area contributed by atoms with Crippen molar-refractivity contribution in [3.63, 3.8) is 0 Å². The average Bonchev–Trinajstić information content (AvgIpc) is 2.40. The zero-order chi connectivity index (χ0) is 15.5. The van der Waals surface area contributed by atoms with Gasteiger partial charge in [-0.25, -0.2) is 9.18 Å². The van der Waals surface area contributed by atoms with Gasteiger partial charge < -0.3 is 9.47 Å². The van der Waals surface area contributed by atoms with Crippen molar-refractivity contribution in [2.75, 3.05) is 0 Å². The summed E-state index contributed by atoms with van der Waals surface area (Å²) in [6, 6.07) is 3.92. The van der Waals surface area contributed by atoms with Crippen LogP contribution in [0.4, 0.5) is 9.18 Å². The van der Waals surface area contributed by atoms with Gasteiger partial charge in [-0.05, 0) is 44.4 Å². The number of hydrogen-bond donors (Lipinski definition) is 0. The van der Waals surface area contributed by atoms with Gasteiger partial charge in [0.05, 0.1) is 0 Å². The molecule has 0 aliphatic carbocycles. The van der Waals surface area contributed by atoms with E-state index in [0.717, 1.165) is 6.07 Å². The fraction of sp³-hybridized carbons (Fsp3) is 0.467. The second kappa shape index (κ2) is 6.03. The van der Waals surface area contributed by atoms with Gasteiger partial charge in [0.2, 0.25) is 0 Å². The summed E-state index contributed by atoms with van der Waals surface area (Å²) in [6.07, 6.45) is -1.03. The van der Waals surface area contributed by atoms with E-state index < -0.39 is 23.0 Å². The topological polar surface area (TPSA) is 52.6 Å². The molecule has 0 aliphatic heterocycles. The molecule has 0 bridgehead atoms. The van der Waals surface area contributed by atoms with Crippen molar-refractivity contribution in [2.45, 2.75) is 46.1 Å². The van der Waals surface area contributed by atoms with Crippen LogP contribution in [0.5, 0.6) is 5.75 Å². The standard InChI is InChI=1S/C15H19FO4/c1-9(2)10-6-7-11(16)13(17)12(8-10)19-14(18)20-15(3,4)5/h6-9H,1-5H3. The summed E-state index contributed by atoms with van der Waals surface area (Å²) in [5.74, 6) is -1.29. The Morgan fingerprint density at radius 1 is 1.25 bits per heavy atom. The first-order valence-electron chi connectivity index (χ1n) is 6.35. The molecule has 0 atom stereocenters. The van der Waals surface area contributed by atoms with Gasteiger partial charge in [-0.3, -0.25) is 4.79 Å². The lowest BCUT2D eigenvalue weighted by molar-refractivity contribution is 0.0203. The van der Waals surface area contributed by atoms with Gasteiger partial charge in [-0.2, -0.15) is 0 Å². The number of halogens is 1. The molecule has 1 aromatic rings. The lowest BCUT2D eigenvalue weighted by atomic mass is 10.1. The zero-order valence-corrected chi connectivity index (χ0v) is 12.3. The Morgan fingerprint density at radius 2 is 1.85 bits per heavy atom. The van der Waals surface area contributed by atoms with E-state index in [2.05, 4.69) is 0 Å². The number of carbonyl (C=O) groups excluding carboxylic acids is 1. The van der Waals surface area contributed by atoms with Crippen molar-refractivity contribution in [3.8, 4) is 5.75 Å². The average molecular weight is 282 g/mol. The predicted octanol–water partition coefficient (Wildman–Crippen LogP) is 3.62. The second-order valence-electron chi connectivity index (χ2n) is 5.74. The Balaban J connectivity index is 3.15. The van der Waals surface area contributed by atoms with Crippen molar-refractivity contribution in [1.29, 1.82) is 0 Å². The molecule has 1 aromatic carbocycles. The summed E-state index contributed by atoms with van der Waals surface area (Å²) >= 11 is 0. The summed E-state index contributed by atoms with van der Waals surface area (Å²) in [6.45, 7) is 8.76. The van der Waals surface area contributed by atoms with Gasteiger partial charge in [-0.15, -0.1) is 0 Å². The van der Waals surface area contributed by atoms with Crippen LogP contribution in [0.25, 0.3) is 0 Å². The van der Waals surface area contributed by atoms with Crippen LogP contribution in [0.15, 0.2) is 23.0 Å². The first kappa shape index (κ1) is 16.1. The van der Waals surface area contributed by atoms with Gasteiger partial charge in [0.15, 0.2) is 11.6 Å². The Kier molecular flexibility index (Phi) is 4.87. The Labute approximate surface area is 117 Å². The molecular weight excluding hydrogens is 263 g/mol. The van der Waals surface area contributed by atoms with E-state index in [1.807, 2.05) is 13.8 Å². The van der Waals surface area contributed by atoms with Crippen molar-refractivity contribution < 1.29 is 18.7 Å². The number of ether oxygens (including phenoxy) is 2. The Bertz CT molecular complexity index is 559. The maximum Gasteiger partial charge on any atom is 0.514 e. The van der Waals surface area contributed by atoms with Crippen molar-refractivity contribution in [3.05, 3.63) is 39.8 Å². The molecule has 0 saturated carbocycles. The molecule has 110 valence electrons. The highest BCUT2D eigenvalue weighted by Crippen LogP contribution is 2.18. The number of carbonyl (C=O) groups is 1. The maximum atomic E-state index is 13.5. The van der Waals surface area contributed by atoms with Crippen LogP contribution in [0.3, 0.4) is 0 Å². The van der Waals surface area contributed by atoms with Crippen LogP contribution in [0.1, 0.15) is 46.1 Å². The molecular formula is C15H19FO4. The van der Waals surface area contributed by atoms with Crippen LogP contribution in [0.2, 0.25) is 0 Å². The molecule has 20 heavy (non-hydrogen) atoms. The molecule has 0 spiro atoms. The largest absolute Gasteiger partial charge is 0.514 e. The van der Waals surface area contributed by atoms with Gasteiger partial charge in [-0.1, -0.05) is 19.9 Å². The highest BCUT2D eigenvalue weighted by Gasteiger charge is 2.20. The summed E-state index contributed by atoms with van der Waals surface area (Å²) in [5, 5.41) is 0. The van der Waals surface area contributed by atoms with Crippen LogP contribution < -0.4 is 10.2 Å². The minimum atomic E-state index is -1.03. The predicted molar refractivity (Wildman–Crippen MR) is 73.6 cm³/mol. The zero-order valence-electron chi connectivity index (χ0n) is 12.3. The number of rotatable bonds is 2. The van der Waals surface area contributed by atoms with Gasteiger partial charge in [0.25, 0.3) is 5.43 Å². The molecule has 0 radical (unpaired) electrons. The van der Waals surface area contributed by atoms with Crippen LogP contribution in [0, 0.1) is 5.82 Å². The summed E-state index contributed by atoms with van der Waals surface area (Å²) in [4.78, 5) is 23.3. The molecule has 0 amide bonds. The van der Waals surface area contributed by atoms with Crippen LogP contribution in [-0.4, -0.2) is 11.8 Å². The highest BCUT2D eigenvalue weighted by atomic mass is 19.1. The van der Waals surface area contributed by atoms with E-state index in [0.29, 0.717) is 5.56 Å². The molecule has 0 fully saturated rings. The lowest BCUT2D eigenvalue weighted by Gasteiger charge is -2.18. The van der Waals surface area contributed by atoms with Crippen molar-refractivity contribution in [2.24, 2.45) is 0 Å². The fourth-order valence-electron chi connectivity index (χ4n) is 1.42. The van der Waals surface area contributed by atoms with E-state index >= 15 is 0 Å². The molecule has 0 unspecified atom stereocenters. The third-order valence-electron chi connectivity index (χ3n) is 2.41. The third-order valence-corrected chi connectivity index (χ3v) is 2.41. The van der Waals surface area contributed by atoms with E-state index in [9.17, 15) is 14.0 Å². The van der Waals surface area contributed by atoms with E-state index in [-0.39, 0.29) is 11.7 Å². The summed E-state index contributed by atoms with van der Waals surface area (Å²) in [7, 11) is 0. The smallest absolute Gasteiger partial charge is 0.428 e.